The van der Waals surface area contributed by atoms with Crippen molar-refractivity contribution in [3.8, 4) is 0 Å². The molecule has 0 radical (unpaired) electrons. The molecule has 31 heavy (non-hydrogen) atoms. The first-order chi connectivity index (χ1) is 14.3. The highest BCUT2D eigenvalue weighted by atomic mass is 79.9. The van der Waals surface area contributed by atoms with E-state index >= 15 is 0 Å². The summed E-state index contributed by atoms with van der Waals surface area (Å²) in [5.41, 5.74) is 0.225. The van der Waals surface area contributed by atoms with Crippen LogP contribution < -0.4 is 5.32 Å². The number of nitrogens with one attached hydrogen (secondary N) is 1. The van der Waals surface area contributed by atoms with Crippen LogP contribution in [0.15, 0.2) is 22.9 Å². The molecule has 1 N–H and O–H groups in total. The number of nitrogens with zero attached hydrogens (tertiary/aromatic N) is 3. The minimum atomic E-state index is -0.600. The molecule has 0 bridgehead atoms. The molecule has 1 aliphatic rings. The van der Waals surface area contributed by atoms with Crippen molar-refractivity contribution in [1.29, 1.82) is 0 Å². The average molecular weight is 495 g/mol. The van der Waals surface area contributed by atoms with E-state index in [2.05, 4.69) is 26.2 Å². The molecule has 2 aromatic heterocycles. The van der Waals surface area contributed by atoms with E-state index in [0.717, 1.165) is 28.4 Å². The Morgan fingerprint density at radius 3 is 2.42 bits per heavy atom. The molecular weight excluding hydrogens is 464 g/mol. The van der Waals surface area contributed by atoms with Gasteiger partial charge in [-0.05, 0) is 76.4 Å². The number of hydrogen-bond acceptors (Lipinski definition) is 6. The van der Waals surface area contributed by atoms with Crippen molar-refractivity contribution in [3.63, 3.8) is 0 Å². The smallest absolute Gasteiger partial charge is 0.420 e. The molecule has 1 aliphatic heterocycles. The monoisotopic (exact) mass is 494 g/mol. The summed E-state index contributed by atoms with van der Waals surface area (Å²) in [4.78, 5) is 31.2. The molecule has 3 rings (SSSR count). The highest BCUT2D eigenvalue weighted by Crippen LogP contribution is 2.32. The third-order valence-corrected chi connectivity index (χ3v) is 5.28. The maximum absolute atomic E-state index is 12.6. The van der Waals surface area contributed by atoms with Gasteiger partial charge in [0.05, 0.1) is 10.2 Å². The van der Waals surface area contributed by atoms with Gasteiger partial charge in [-0.15, -0.1) is 0 Å². The molecule has 0 saturated carbocycles. The van der Waals surface area contributed by atoms with Crippen LogP contribution in [-0.4, -0.2) is 57.0 Å². The fourth-order valence-electron chi connectivity index (χ4n) is 3.46. The van der Waals surface area contributed by atoms with Gasteiger partial charge in [-0.2, -0.15) is 0 Å². The summed E-state index contributed by atoms with van der Waals surface area (Å²) >= 11 is 3.57. The SMILES string of the molecule is CC(C)(C)OC(=O)N1CCCC(Nc2c(Br)cnc3c2ccn3C(=O)OC(C)(C)C)C1. The van der Waals surface area contributed by atoms with Crippen molar-refractivity contribution in [3.05, 3.63) is 22.9 Å². The van der Waals surface area contributed by atoms with Crippen LogP contribution in [0.4, 0.5) is 15.3 Å². The molecule has 2 aromatic rings. The molecule has 170 valence electrons. The van der Waals surface area contributed by atoms with Gasteiger partial charge in [0.2, 0.25) is 0 Å². The summed E-state index contributed by atoms with van der Waals surface area (Å²) in [5, 5.41) is 4.34. The third kappa shape index (κ3) is 5.90. The molecule has 1 saturated heterocycles. The predicted octanol–water partition coefficient (Wildman–Crippen LogP) is 5.39. The first kappa shape index (κ1) is 23.4. The number of halogens is 1. The number of carbonyl (C=O) groups is 2. The standard InChI is InChI=1S/C22H31BrN4O4/c1-21(2,3)30-19(28)26-10-7-8-14(13-26)25-17-15-9-11-27(18(15)24-12-16(17)23)20(29)31-22(4,5)6/h9,11-12,14H,7-8,10,13H2,1-6H3,(H,24,25). The molecule has 0 aromatic carbocycles. The Bertz CT molecular complexity index is 974. The zero-order chi connectivity index (χ0) is 23.0. The second-order valence-corrected chi connectivity index (χ2v) is 10.6. The quantitative estimate of drug-likeness (QED) is 0.601. The molecule has 1 fully saturated rings. The average Bonchev–Trinajstić information content (AvgIpc) is 3.06. The Labute approximate surface area is 191 Å². The van der Waals surface area contributed by atoms with Gasteiger partial charge in [-0.25, -0.2) is 19.1 Å². The van der Waals surface area contributed by atoms with E-state index in [4.69, 9.17) is 9.47 Å². The number of rotatable bonds is 2. The summed E-state index contributed by atoms with van der Waals surface area (Å²) < 4.78 is 13.2. The number of amides is 1. The summed E-state index contributed by atoms with van der Waals surface area (Å²) in [5.74, 6) is 0. The van der Waals surface area contributed by atoms with Crippen LogP contribution >= 0.6 is 15.9 Å². The number of carbonyl (C=O) groups excluding carboxylic acids is 2. The maximum Gasteiger partial charge on any atom is 0.420 e. The lowest BCUT2D eigenvalue weighted by molar-refractivity contribution is 0.0206. The van der Waals surface area contributed by atoms with Gasteiger partial charge < -0.3 is 19.7 Å². The normalized spacial score (nSPS) is 17.5. The highest BCUT2D eigenvalue weighted by Gasteiger charge is 2.28. The van der Waals surface area contributed by atoms with E-state index < -0.39 is 17.3 Å². The summed E-state index contributed by atoms with van der Waals surface area (Å²) in [7, 11) is 0. The first-order valence-electron chi connectivity index (χ1n) is 10.5. The lowest BCUT2D eigenvalue weighted by Gasteiger charge is -2.35. The van der Waals surface area contributed by atoms with Gasteiger partial charge in [0.1, 0.15) is 11.2 Å². The molecular formula is C22H31BrN4O4. The van der Waals surface area contributed by atoms with Crippen LogP contribution in [0.5, 0.6) is 0 Å². The van der Waals surface area contributed by atoms with E-state index in [1.165, 1.54) is 4.57 Å². The number of ether oxygens (including phenoxy) is 2. The van der Waals surface area contributed by atoms with E-state index in [-0.39, 0.29) is 12.1 Å². The van der Waals surface area contributed by atoms with Crippen LogP contribution in [0.25, 0.3) is 11.0 Å². The number of aromatic nitrogens is 2. The van der Waals surface area contributed by atoms with Gasteiger partial charge >= 0.3 is 12.2 Å². The number of piperidine rings is 1. The number of likely N-dealkylation sites (tertiary alicyclic amines) is 1. The minimum Gasteiger partial charge on any atom is -0.444 e. The fraction of sp³-hybridized carbons (Fsp3) is 0.591. The third-order valence-electron chi connectivity index (χ3n) is 4.68. The Morgan fingerprint density at radius 2 is 1.77 bits per heavy atom. The second kappa shape index (κ2) is 8.68. The van der Waals surface area contributed by atoms with Crippen LogP contribution in [0.1, 0.15) is 54.4 Å². The van der Waals surface area contributed by atoms with E-state index in [0.29, 0.717) is 18.7 Å². The molecule has 3 heterocycles. The number of hydrogen-bond donors (Lipinski definition) is 1. The summed E-state index contributed by atoms with van der Waals surface area (Å²) in [6.07, 6.45) is 4.35. The van der Waals surface area contributed by atoms with Crippen molar-refractivity contribution >= 4 is 44.8 Å². The Hall–Kier alpha value is -2.29. The molecule has 0 spiro atoms. The Kier molecular flexibility index (Phi) is 6.55. The van der Waals surface area contributed by atoms with Gasteiger partial charge in [0.25, 0.3) is 0 Å². The largest absolute Gasteiger partial charge is 0.444 e. The van der Waals surface area contributed by atoms with Crippen molar-refractivity contribution < 1.29 is 19.1 Å². The van der Waals surface area contributed by atoms with Crippen LogP contribution in [0, 0.1) is 0 Å². The van der Waals surface area contributed by atoms with Gasteiger partial charge in [0.15, 0.2) is 5.65 Å². The Balaban J connectivity index is 1.80. The van der Waals surface area contributed by atoms with Crippen LogP contribution in [0.3, 0.4) is 0 Å². The zero-order valence-electron chi connectivity index (χ0n) is 19.0. The maximum atomic E-state index is 12.6. The summed E-state index contributed by atoms with van der Waals surface area (Å²) in [6, 6.07) is 1.89. The molecule has 0 aliphatic carbocycles. The lowest BCUT2D eigenvalue weighted by Crippen LogP contribution is -2.47. The molecule has 1 amide bonds. The lowest BCUT2D eigenvalue weighted by atomic mass is 10.1. The van der Waals surface area contributed by atoms with Crippen LogP contribution in [-0.2, 0) is 9.47 Å². The second-order valence-electron chi connectivity index (χ2n) is 9.79. The molecule has 1 atom stereocenters. The highest BCUT2D eigenvalue weighted by molar-refractivity contribution is 9.10. The topological polar surface area (TPSA) is 85.7 Å². The predicted molar refractivity (Wildman–Crippen MR) is 124 cm³/mol. The van der Waals surface area contributed by atoms with Gasteiger partial charge in [0, 0.05) is 36.9 Å². The number of fused-ring (bicyclic) bond motifs is 1. The first-order valence-corrected chi connectivity index (χ1v) is 11.3. The zero-order valence-corrected chi connectivity index (χ0v) is 20.6. The van der Waals surface area contributed by atoms with E-state index in [1.54, 1.807) is 17.3 Å². The Morgan fingerprint density at radius 1 is 1.13 bits per heavy atom. The van der Waals surface area contributed by atoms with E-state index in [9.17, 15) is 9.59 Å². The molecule has 9 heteroatoms. The van der Waals surface area contributed by atoms with Gasteiger partial charge in [-0.1, -0.05) is 0 Å². The molecule has 8 nitrogen and oxygen atoms in total. The van der Waals surface area contributed by atoms with Gasteiger partial charge in [-0.3, -0.25) is 0 Å². The number of pyridine rings is 1. The number of anilines is 1. The van der Waals surface area contributed by atoms with Crippen molar-refractivity contribution in [2.45, 2.75) is 71.6 Å². The minimum absolute atomic E-state index is 0.0491. The van der Waals surface area contributed by atoms with E-state index in [1.807, 2.05) is 47.6 Å². The fourth-order valence-corrected chi connectivity index (χ4v) is 3.89. The van der Waals surface area contributed by atoms with Crippen molar-refractivity contribution in [2.24, 2.45) is 0 Å². The van der Waals surface area contributed by atoms with Crippen molar-refractivity contribution in [1.82, 2.24) is 14.5 Å². The molecule has 1 unspecified atom stereocenters. The van der Waals surface area contributed by atoms with Crippen LogP contribution in [0.2, 0.25) is 0 Å². The summed E-state index contributed by atoms with van der Waals surface area (Å²) in [6.45, 7) is 12.3. The van der Waals surface area contributed by atoms with Crippen molar-refractivity contribution in [2.75, 3.05) is 18.4 Å².